The maximum Gasteiger partial charge on any atom is 0.0643 e. The van der Waals surface area contributed by atoms with E-state index in [9.17, 15) is 0 Å². The van der Waals surface area contributed by atoms with Gasteiger partial charge in [0, 0.05) is 11.3 Å². The molecule has 0 spiro atoms. The Hall–Kier alpha value is -0.500. The third-order valence-corrected chi connectivity index (χ3v) is 3.87. The SMILES string of the molecule is CCC(Cl)c1c(C)nn(C(CC)CC)c1C. The lowest BCUT2D eigenvalue weighted by Crippen LogP contribution is -2.10. The van der Waals surface area contributed by atoms with Crippen LogP contribution in [0.4, 0.5) is 0 Å². The summed E-state index contributed by atoms with van der Waals surface area (Å²) >= 11 is 6.35. The monoisotopic (exact) mass is 242 g/mol. The van der Waals surface area contributed by atoms with Gasteiger partial charge in [0.1, 0.15) is 0 Å². The molecule has 2 nitrogen and oxygen atoms in total. The van der Waals surface area contributed by atoms with Gasteiger partial charge in [-0.2, -0.15) is 5.10 Å². The number of nitrogens with zero attached hydrogens (tertiary/aromatic N) is 2. The first-order valence-corrected chi connectivity index (χ1v) is 6.69. The van der Waals surface area contributed by atoms with E-state index >= 15 is 0 Å². The van der Waals surface area contributed by atoms with Crippen molar-refractivity contribution in [3.05, 3.63) is 17.0 Å². The zero-order valence-electron chi connectivity index (χ0n) is 11.0. The van der Waals surface area contributed by atoms with E-state index in [0.717, 1.165) is 25.0 Å². The first kappa shape index (κ1) is 13.6. The fraction of sp³-hybridized carbons (Fsp3) is 0.769. The largest absolute Gasteiger partial charge is 0.266 e. The molecule has 0 aliphatic rings. The van der Waals surface area contributed by atoms with Crippen molar-refractivity contribution < 1.29 is 0 Å². The zero-order chi connectivity index (χ0) is 12.3. The quantitative estimate of drug-likeness (QED) is 0.693. The molecule has 0 bridgehead atoms. The molecule has 1 aromatic rings. The maximum absolute atomic E-state index is 6.35. The normalized spacial score (nSPS) is 13.4. The van der Waals surface area contributed by atoms with E-state index in [1.807, 2.05) is 0 Å². The lowest BCUT2D eigenvalue weighted by Gasteiger charge is -2.16. The summed E-state index contributed by atoms with van der Waals surface area (Å²) in [7, 11) is 0. The third-order valence-electron chi connectivity index (χ3n) is 3.34. The van der Waals surface area contributed by atoms with Crippen LogP contribution >= 0.6 is 11.6 Å². The van der Waals surface area contributed by atoms with E-state index in [2.05, 4.69) is 44.4 Å². The zero-order valence-corrected chi connectivity index (χ0v) is 11.8. The van der Waals surface area contributed by atoms with Gasteiger partial charge in [-0.05, 0) is 33.1 Å². The van der Waals surface area contributed by atoms with Gasteiger partial charge in [0.25, 0.3) is 0 Å². The topological polar surface area (TPSA) is 17.8 Å². The molecule has 0 saturated carbocycles. The Morgan fingerprint density at radius 1 is 1.12 bits per heavy atom. The second-order valence-electron chi connectivity index (χ2n) is 4.38. The van der Waals surface area contributed by atoms with Crippen LogP contribution in [0.2, 0.25) is 0 Å². The van der Waals surface area contributed by atoms with E-state index in [4.69, 9.17) is 11.6 Å². The number of hydrogen-bond acceptors (Lipinski definition) is 1. The van der Waals surface area contributed by atoms with Crippen LogP contribution in [0.1, 0.15) is 68.4 Å². The number of aryl methyl sites for hydroxylation is 1. The van der Waals surface area contributed by atoms with Crippen molar-refractivity contribution >= 4 is 11.6 Å². The Morgan fingerprint density at radius 3 is 2.12 bits per heavy atom. The van der Waals surface area contributed by atoms with Crippen LogP contribution in [-0.4, -0.2) is 9.78 Å². The molecule has 0 radical (unpaired) electrons. The van der Waals surface area contributed by atoms with Gasteiger partial charge in [0.2, 0.25) is 0 Å². The number of alkyl halides is 1. The Balaban J connectivity index is 3.15. The van der Waals surface area contributed by atoms with Crippen molar-refractivity contribution in [1.29, 1.82) is 0 Å². The minimum Gasteiger partial charge on any atom is -0.266 e. The Morgan fingerprint density at radius 2 is 1.69 bits per heavy atom. The van der Waals surface area contributed by atoms with Crippen molar-refractivity contribution in [2.24, 2.45) is 0 Å². The molecular formula is C13H23ClN2. The summed E-state index contributed by atoms with van der Waals surface area (Å²) in [5.74, 6) is 0. The molecule has 0 aliphatic heterocycles. The van der Waals surface area contributed by atoms with Crippen LogP contribution in [0.5, 0.6) is 0 Å². The summed E-state index contributed by atoms with van der Waals surface area (Å²) in [6, 6.07) is 0.508. The van der Waals surface area contributed by atoms with Gasteiger partial charge in [0.15, 0.2) is 0 Å². The third kappa shape index (κ3) is 2.42. The Labute approximate surface area is 104 Å². The molecule has 0 N–H and O–H groups in total. The minimum absolute atomic E-state index is 0.100. The van der Waals surface area contributed by atoms with Gasteiger partial charge >= 0.3 is 0 Å². The lowest BCUT2D eigenvalue weighted by molar-refractivity contribution is 0.418. The van der Waals surface area contributed by atoms with E-state index in [-0.39, 0.29) is 5.38 Å². The molecule has 0 saturated heterocycles. The van der Waals surface area contributed by atoms with Crippen molar-refractivity contribution in [1.82, 2.24) is 9.78 Å². The van der Waals surface area contributed by atoms with Crippen molar-refractivity contribution in [2.75, 3.05) is 0 Å². The average molecular weight is 243 g/mol. The highest BCUT2D eigenvalue weighted by molar-refractivity contribution is 6.20. The van der Waals surface area contributed by atoms with Crippen LogP contribution in [0, 0.1) is 13.8 Å². The summed E-state index contributed by atoms with van der Waals surface area (Å²) in [4.78, 5) is 0. The van der Waals surface area contributed by atoms with Gasteiger partial charge in [0.05, 0.1) is 17.1 Å². The van der Waals surface area contributed by atoms with Crippen LogP contribution in [0.25, 0.3) is 0 Å². The van der Waals surface area contributed by atoms with Gasteiger partial charge in [-0.15, -0.1) is 11.6 Å². The van der Waals surface area contributed by atoms with Crippen LogP contribution < -0.4 is 0 Å². The van der Waals surface area contributed by atoms with E-state index in [0.29, 0.717) is 6.04 Å². The Kier molecular flexibility index (Phi) is 4.85. The number of aromatic nitrogens is 2. The van der Waals surface area contributed by atoms with E-state index in [1.165, 1.54) is 11.3 Å². The second-order valence-corrected chi connectivity index (χ2v) is 4.90. The van der Waals surface area contributed by atoms with Crippen LogP contribution in [0.15, 0.2) is 0 Å². The van der Waals surface area contributed by atoms with E-state index < -0.39 is 0 Å². The summed E-state index contributed by atoms with van der Waals surface area (Å²) in [5.41, 5.74) is 3.57. The summed E-state index contributed by atoms with van der Waals surface area (Å²) in [5, 5.41) is 4.75. The molecule has 16 heavy (non-hydrogen) atoms. The molecule has 1 aromatic heterocycles. The van der Waals surface area contributed by atoms with Crippen molar-refractivity contribution in [3.63, 3.8) is 0 Å². The molecule has 1 rings (SSSR count). The molecule has 1 atom stereocenters. The number of rotatable bonds is 5. The predicted octanol–water partition coefficient (Wildman–Crippen LogP) is 4.55. The summed E-state index contributed by atoms with van der Waals surface area (Å²) in [6.45, 7) is 10.7. The molecular weight excluding hydrogens is 220 g/mol. The minimum atomic E-state index is 0.100. The lowest BCUT2D eigenvalue weighted by atomic mass is 10.1. The highest BCUT2D eigenvalue weighted by Crippen LogP contribution is 2.31. The molecule has 1 unspecified atom stereocenters. The fourth-order valence-electron chi connectivity index (χ4n) is 2.32. The van der Waals surface area contributed by atoms with Gasteiger partial charge in [-0.25, -0.2) is 0 Å². The number of halogens is 1. The first-order chi connectivity index (χ1) is 7.56. The highest BCUT2D eigenvalue weighted by Gasteiger charge is 2.20. The molecule has 0 fully saturated rings. The smallest absolute Gasteiger partial charge is 0.0643 e. The molecule has 0 aromatic carbocycles. The van der Waals surface area contributed by atoms with E-state index in [1.54, 1.807) is 0 Å². The van der Waals surface area contributed by atoms with Gasteiger partial charge in [-0.3, -0.25) is 4.68 Å². The first-order valence-electron chi connectivity index (χ1n) is 6.26. The van der Waals surface area contributed by atoms with Crippen LogP contribution in [-0.2, 0) is 0 Å². The molecule has 92 valence electrons. The summed E-state index contributed by atoms with van der Waals surface area (Å²) in [6.07, 6.45) is 3.20. The van der Waals surface area contributed by atoms with Crippen molar-refractivity contribution in [3.8, 4) is 0 Å². The molecule has 0 aliphatic carbocycles. The van der Waals surface area contributed by atoms with Gasteiger partial charge < -0.3 is 0 Å². The Bertz CT molecular complexity index is 340. The summed E-state index contributed by atoms with van der Waals surface area (Å²) < 4.78 is 2.16. The van der Waals surface area contributed by atoms with Crippen LogP contribution in [0.3, 0.4) is 0 Å². The average Bonchev–Trinajstić information content (AvgIpc) is 2.56. The maximum atomic E-state index is 6.35. The predicted molar refractivity (Wildman–Crippen MR) is 70.2 cm³/mol. The second kappa shape index (κ2) is 5.72. The van der Waals surface area contributed by atoms with Crippen molar-refractivity contribution in [2.45, 2.75) is 65.3 Å². The van der Waals surface area contributed by atoms with Gasteiger partial charge in [-0.1, -0.05) is 20.8 Å². The standard InChI is InChI=1S/C13H23ClN2/c1-6-11(7-2)16-10(5)13(9(4)15-16)12(14)8-3/h11-12H,6-8H2,1-5H3. The molecule has 3 heteroatoms. The molecule has 0 amide bonds. The molecule has 1 heterocycles. The number of hydrogen-bond donors (Lipinski definition) is 0. The fourth-order valence-corrected chi connectivity index (χ4v) is 2.64. The highest BCUT2D eigenvalue weighted by atomic mass is 35.5.